The summed E-state index contributed by atoms with van der Waals surface area (Å²) < 4.78 is 4.84. The first-order valence-corrected chi connectivity index (χ1v) is 20.6. The van der Waals surface area contributed by atoms with Crippen molar-refractivity contribution >= 4 is 12.2 Å². The minimum absolute atomic E-state index is 0. The third kappa shape index (κ3) is 3.74. The topological polar surface area (TPSA) is 0 Å². The molecule has 2 aliphatic carbocycles. The minimum atomic E-state index is -2.65. The zero-order valence-corrected chi connectivity index (χ0v) is 23.2. The number of hydrogen-bond acceptors (Lipinski definition) is 0. The summed E-state index contributed by atoms with van der Waals surface area (Å²) in [5.74, 6) is 0. The smallest absolute Gasteiger partial charge is 1.00 e. The second-order valence-corrected chi connectivity index (χ2v) is 25.8. The van der Waals surface area contributed by atoms with Crippen LogP contribution in [0.15, 0.2) is 59.7 Å². The Labute approximate surface area is 199 Å². The molecule has 5 rings (SSSR count). The van der Waals surface area contributed by atoms with Crippen LogP contribution in [0.5, 0.6) is 0 Å². The number of hydrogen-bond donors (Lipinski definition) is 0. The van der Waals surface area contributed by atoms with Gasteiger partial charge in [0, 0.05) is 0 Å². The minimum Gasteiger partial charge on any atom is -1.00 e. The molecule has 0 radical (unpaired) electrons. The zero-order chi connectivity index (χ0) is 19.1. The molecule has 158 valence electrons. The van der Waals surface area contributed by atoms with E-state index < -0.39 is 20.0 Å². The van der Waals surface area contributed by atoms with Crippen LogP contribution in [0.2, 0.25) is 8.35 Å². The van der Waals surface area contributed by atoms with Gasteiger partial charge < -0.3 is 24.8 Å². The monoisotopic (exact) mass is 606 g/mol. The van der Waals surface area contributed by atoms with Crippen molar-refractivity contribution in [1.29, 1.82) is 0 Å². The summed E-state index contributed by atoms with van der Waals surface area (Å²) in [4.78, 5) is 0. The van der Waals surface area contributed by atoms with Gasteiger partial charge in [-0.05, 0) is 0 Å². The second kappa shape index (κ2) is 9.88. The van der Waals surface area contributed by atoms with Gasteiger partial charge in [0.15, 0.2) is 0 Å². The number of fused-ring (bicyclic) bond motifs is 2. The molecule has 2 aromatic rings. The van der Waals surface area contributed by atoms with E-state index in [2.05, 4.69) is 74.5 Å². The van der Waals surface area contributed by atoms with Crippen LogP contribution >= 0.6 is 0 Å². The Morgan fingerprint density at radius 1 is 0.700 bits per heavy atom. The van der Waals surface area contributed by atoms with E-state index in [-0.39, 0.29) is 24.8 Å². The van der Waals surface area contributed by atoms with Crippen LogP contribution in [-0.2, 0) is 20.0 Å². The van der Waals surface area contributed by atoms with E-state index in [9.17, 15) is 0 Å². The molecule has 2 aromatic carbocycles. The van der Waals surface area contributed by atoms with Crippen molar-refractivity contribution in [2.45, 2.75) is 61.7 Å². The molecule has 30 heavy (non-hydrogen) atoms. The van der Waals surface area contributed by atoms with Crippen molar-refractivity contribution in [3.8, 4) is 0 Å². The number of halogens is 2. The van der Waals surface area contributed by atoms with E-state index in [4.69, 9.17) is 0 Å². The predicted octanol–water partition coefficient (Wildman–Crippen LogP) is 2.27. The molecule has 0 N–H and O–H groups in total. The molecule has 2 unspecified atom stereocenters. The fraction of sp³-hybridized carbons (Fsp3) is 0.407. The van der Waals surface area contributed by atoms with Crippen molar-refractivity contribution in [3.63, 3.8) is 0 Å². The van der Waals surface area contributed by atoms with E-state index in [1.54, 1.807) is 30.6 Å². The average molecular weight is 606 g/mol. The van der Waals surface area contributed by atoms with Gasteiger partial charge in [0.1, 0.15) is 0 Å². The first-order chi connectivity index (χ1) is 13.8. The Morgan fingerprint density at radius 3 is 1.50 bits per heavy atom. The Kier molecular flexibility index (Phi) is 7.91. The number of rotatable bonds is 6. The maximum atomic E-state index is 2.59. The third-order valence-electron chi connectivity index (χ3n) is 7.55. The molecule has 1 fully saturated rings. The summed E-state index contributed by atoms with van der Waals surface area (Å²) in [6.07, 6.45) is 11.8. The van der Waals surface area contributed by atoms with E-state index in [1.165, 1.54) is 43.2 Å². The molecule has 1 saturated heterocycles. The molecule has 0 saturated carbocycles. The van der Waals surface area contributed by atoms with Crippen LogP contribution in [0.3, 0.4) is 0 Å². The molecule has 1 aliphatic heterocycles. The van der Waals surface area contributed by atoms with E-state index in [1.807, 2.05) is 0 Å². The fourth-order valence-corrected chi connectivity index (χ4v) is 29.3. The van der Waals surface area contributed by atoms with Gasteiger partial charge in [-0.2, -0.15) is 0 Å². The quantitative estimate of drug-likeness (QED) is 0.444. The summed E-state index contributed by atoms with van der Waals surface area (Å²) in [6, 6.07) is 18.7. The van der Waals surface area contributed by atoms with Gasteiger partial charge in [-0.25, -0.2) is 0 Å². The van der Waals surface area contributed by atoms with Crippen LogP contribution in [0, 0.1) is 0 Å². The second-order valence-electron chi connectivity index (χ2n) is 9.15. The van der Waals surface area contributed by atoms with E-state index in [0.717, 1.165) is 7.35 Å². The maximum absolute atomic E-state index is 2.65. The first kappa shape index (κ1) is 24.0. The van der Waals surface area contributed by atoms with Crippen molar-refractivity contribution in [3.05, 3.63) is 81.9 Å². The Morgan fingerprint density at radius 2 is 1.13 bits per heavy atom. The van der Waals surface area contributed by atoms with Crippen molar-refractivity contribution < 1.29 is 44.8 Å². The van der Waals surface area contributed by atoms with Crippen LogP contribution < -0.4 is 24.8 Å². The van der Waals surface area contributed by atoms with Gasteiger partial charge in [-0.3, -0.25) is 0 Å². The Hall–Kier alpha value is -0.630. The van der Waals surface area contributed by atoms with Crippen LogP contribution in [-0.4, -0.2) is 0 Å². The summed E-state index contributed by atoms with van der Waals surface area (Å²) in [5.41, 5.74) is 10.1. The summed E-state index contributed by atoms with van der Waals surface area (Å²) in [6.45, 7) is 4.72. The predicted molar refractivity (Wildman–Crippen MR) is 118 cm³/mol. The van der Waals surface area contributed by atoms with Gasteiger partial charge in [0.2, 0.25) is 0 Å². The Bertz CT molecular complexity index is 881. The third-order valence-corrected chi connectivity index (χ3v) is 29.9. The van der Waals surface area contributed by atoms with Gasteiger partial charge in [0.25, 0.3) is 0 Å². The zero-order valence-electron chi connectivity index (χ0n) is 18.1. The molecule has 0 nitrogen and oxygen atoms in total. The van der Waals surface area contributed by atoms with Gasteiger partial charge in [-0.15, -0.1) is 0 Å². The summed E-state index contributed by atoms with van der Waals surface area (Å²) in [7, 11) is 0. The number of benzene rings is 2. The standard InChI is InChI=1S/2C12H13.C3H6.2ClH.Hf/c2*1-2-5-10-8-11-6-3-4-7-12(11)9-10;1-3-2;;;/h2*3-4,6-9H,2,5H2,1H3;1-3H2;2*1H;/q;;;;;+2/p-2. The van der Waals surface area contributed by atoms with Crippen LogP contribution in [0.25, 0.3) is 12.2 Å². The van der Waals surface area contributed by atoms with Crippen LogP contribution in [0.1, 0.15) is 75.6 Å². The summed E-state index contributed by atoms with van der Waals surface area (Å²) >= 11 is -2.65. The largest absolute Gasteiger partial charge is 1.00 e. The molecule has 3 heteroatoms. The molecule has 3 aliphatic rings. The number of allylic oxidation sites excluding steroid dienone is 2. The first-order valence-electron chi connectivity index (χ1n) is 11.4. The maximum Gasteiger partial charge on any atom is -1.00 e. The molecule has 0 amide bonds. The van der Waals surface area contributed by atoms with Gasteiger partial charge in [-0.1, -0.05) is 0 Å². The molecule has 0 aromatic heterocycles. The normalized spacial score (nSPS) is 21.5. The molecule has 1 heterocycles. The van der Waals surface area contributed by atoms with Crippen molar-refractivity contribution in [2.75, 3.05) is 0 Å². The van der Waals surface area contributed by atoms with E-state index in [0.29, 0.717) is 0 Å². The molecular formula is C27H32Cl2Hf. The molecule has 0 bridgehead atoms. The molecule has 2 atom stereocenters. The van der Waals surface area contributed by atoms with E-state index >= 15 is 0 Å². The Balaban J connectivity index is 0.00000128. The average Bonchev–Trinajstić information content (AvgIpc) is 3.22. The van der Waals surface area contributed by atoms with Gasteiger partial charge in [0.05, 0.1) is 0 Å². The summed E-state index contributed by atoms with van der Waals surface area (Å²) in [5, 5.41) is 0. The van der Waals surface area contributed by atoms with Crippen molar-refractivity contribution in [1.82, 2.24) is 0 Å². The SMILES string of the molecule is CCCC1=Cc2ccccc2[CH]1[Hf+2]1([CH]2C(CCC)=Cc3ccccc32)[CH2]C[CH2]1.[Cl-].[Cl-]. The molecular weight excluding hydrogens is 574 g/mol. The fourth-order valence-electron chi connectivity index (χ4n) is 6.47. The van der Waals surface area contributed by atoms with Crippen molar-refractivity contribution in [2.24, 2.45) is 0 Å². The van der Waals surface area contributed by atoms with Gasteiger partial charge >= 0.3 is 176 Å². The van der Waals surface area contributed by atoms with Crippen LogP contribution in [0.4, 0.5) is 0 Å². The molecule has 0 spiro atoms.